The largest absolute Gasteiger partial charge is 0.497 e. The summed E-state index contributed by atoms with van der Waals surface area (Å²) in [4.78, 5) is 13.6. The predicted molar refractivity (Wildman–Crippen MR) is 89.5 cm³/mol. The summed E-state index contributed by atoms with van der Waals surface area (Å²) in [6.07, 6.45) is 0.860. The van der Waals surface area contributed by atoms with Crippen LogP contribution in [0.4, 0.5) is 4.79 Å². The fourth-order valence-corrected chi connectivity index (χ4v) is 3.73. The normalized spacial score (nSPS) is 18.3. The fourth-order valence-electron chi connectivity index (χ4n) is 2.53. The summed E-state index contributed by atoms with van der Waals surface area (Å²) in [5, 5.41) is 2.89. The number of rotatable bonds is 5. The van der Waals surface area contributed by atoms with Crippen molar-refractivity contribution in [2.75, 3.05) is 38.2 Å². The maximum atomic E-state index is 12.1. The van der Waals surface area contributed by atoms with Crippen LogP contribution >= 0.6 is 0 Å². The van der Waals surface area contributed by atoms with E-state index in [-0.39, 0.29) is 30.6 Å². The van der Waals surface area contributed by atoms with Crippen molar-refractivity contribution >= 4 is 15.9 Å². The van der Waals surface area contributed by atoms with Crippen LogP contribution in [0.5, 0.6) is 5.75 Å². The van der Waals surface area contributed by atoms with Crippen molar-refractivity contribution < 1.29 is 17.9 Å². The number of benzene rings is 1. The minimum atomic E-state index is -2.96. The van der Waals surface area contributed by atoms with Gasteiger partial charge in [-0.05, 0) is 30.0 Å². The molecule has 1 fully saturated rings. The Morgan fingerprint density at radius 1 is 1.26 bits per heavy atom. The zero-order valence-corrected chi connectivity index (χ0v) is 14.4. The Kier molecular flexibility index (Phi) is 5.87. The molecular formula is C16H24N2O4S. The second-order valence-electron chi connectivity index (χ2n) is 5.98. The number of nitrogens with one attached hydrogen (secondary N) is 1. The first kappa shape index (κ1) is 17.6. The maximum absolute atomic E-state index is 12.1. The molecule has 2 amide bonds. The molecule has 1 N–H and O–H groups in total. The molecule has 0 bridgehead atoms. The highest BCUT2D eigenvalue weighted by Gasteiger charge is 2.24. The number of sulfone groups is 1. The van der Waals surface area contributed by atoms with Gasteiger partial charge in [0.05, 0.1) is 18.6 Å². The molecule has 1 saturated heterocycles. The van der Waals surface area contributed by atoms with Crippen LogP contribution in [0.3, 0.4) is 0 Å². The third kappa shape index (κ3) is 5.42. The van der Waals surface area contributed by atoms with Crippen molar-refractivity contribution in [1.29, 1.82) is 0 Å². The molecule has 0 aromatic heterocycles. The number of amides is 2. The predicted octanol–water partition coefficient (Wildman–Crippen LogP) is 1.31. The number of carbonyl (C=O) groups excluding carboxylic acids is 1. The molecule has 0 spiro atoms. The van der Waals surface area contributed by atoms with Crippen LogP contribution in [-0.4, -0.2) is 57.6 Å². The van der Waals surface area contributed by atoms with E-state index in [0.29, 0.717) is 12.5 Å². The third-order valence-corrected chi connectivity index (χ3v) is 5.59. The molecule has 0 saturated carbocycles. The van der Waals surface area contributed by atoms with Crippen LogP contribution in [0.15, 0.2) is 24.3 Å². The van der Waals surface area contributed by atoms with Gasteiger partial charge in [-0.1, -0.05) is 19.1 Å². The van der Waals surface area contributed by atoms with Gasteiger partial charge in [0, 0.05) is 19.6 Å². The molecule has 7 heteroatoms. The van der Waals surface area contributed by atoms with Crippen molar-refractivity contribution in [2.45, 2.75) is 13.3 Å². The quantitative estimate of drug-likeness (QED) is 0.877. The first-order valence-electron chi connectivity index (χ1n) is 7.76. The number of ether oxygens (including phenoxy) is 1. The molecule has 1 heterocycles. The van der Waals surface area contributed by atoms with E-state index in [0.717, 1.165) is 12.2 Å². The highest BCUT2D eigenvalue weighted by atomic mass is 32.2. The van der Waals surface area contributed by atoms with E-state index in [9.17, 15) is 13.2 Å². The summed E-state index contributed by atoms with van der Waals surface area (Å²) < 4.78 is 27.9. The first-order valence-corrected chi connectivity index (χ1v) is 9.58. The first-order chi connectivity index (χ1) is 10.9. The van der Waals surface area contributed by atoms with Crippen LogP contribution in [0, 0.1) is 5.92 Å². The van der Waals surface area contributed by atoms with E-state index in [1.54, 1.807) is 12.0 Å². The lowest BCUT2D eigenvalue weighted by Gasteiger charge is -2.27. The molecule has 1 unspecified atom stereocenters. The Hall–Kier alpha value is -1.76. The van der Waals surface area contributed by atoms with E-state index >= 15 is 0 Å². The number of nitrogens with zero attached hydrogens (tertiary/aromatic N) is 1. The molecule has 128 valence electrons. The van der Waals surface area contributed by atoms with E-state index in [1.807, 2.05) is 24.3 Å². The van der Waals surface area contributed by atoms with Gasteiger partial charge in [-0.2, -0.15) is 0 Å². The van der Waals surface area contributed by atoms with Crippen LogP contribution in [0.2, 0.25) is 0 Å². The SMILES string of the molecule is COc1ccc(CC(C)CNC(=O)N2CCS(=O)(=O)CC2)cc1. The molecule has 1 aliphatic rings. The van der Waals surface area contributed by atoms with Crippen molar-refractivity contribution in [3.05, 3.63) is 29.8 Å². The number of carbonyl (C=O) groups is 1. The maximum Gasteiger partial charge on any atom is 0.317 e. The van der Waals surface area contributed by atoms with Crippen molar-refractivity contribution in [1.82, 2.24) is 10.2 Å². The summed E-state index contributed by atoms with van der Waals surface area (Å²) >= 11 is 0. The lowest BCUT2D eigenvalue weighted by atomic mass is 10.0. The Labute approximate surface area is 137 Å². The molecule has 1 aliphatic heterocycles. The Balaban J connectivity index is 1.75. The van der Waals surface area contributed by atoms with Gasteiger partial charge >= 0.3 is 6.03 Å². The van der Waals surface area contributed by atoms with E-state index in [2.05, 4.69) is 12.2 Å². The van der Waals surface area contributed by atoms with Crippen LogP contribution in [0.1, 0.15) is 12.5 Å². The van der Waals surface area contributed by atoms with E-state index in [4.69, 9.17) is 4.74 Å². The molecule has 1 aromatic rings. The summed E-state index contributed by atoms with van der Waals surface area (Å²) in [7, 11) is -1.32. The number of urea groups is 1. The van der Waals surface area contributed by atoms with Gasteiger partial charge in [0.2, 0.25) is 0 Å². The second-order valence-corrected chi connectivity index (χ2v) is 8.29. The monoisotopic (exact) mass is 340 g/mol. The Morgan fingerprint density at radius 2 is 1.87 bits per heavy atom. The molecule has 6 nitrogen and oxygen atoms in total. The van der Waals surface area contributed by atoms with E-state index < -0.39 is 9.84 Å². The molecular weight excluding hydrogens is 316 g/mol. The average Bonchev–Trinajstić information content (AvgIpc) is 2.53. The zero-order chi connectivity index (χ0) is 16.9. The van der Waals surface area contributed by atoms with Gasteiger partial charge in [0.15, 0.2) is 9.84 Å². The fraction of sp³-hybridized carbons (Fsp3) is 0.562. The standard InChI is InChI=1S/C16H24N2O4S/c1-13(11-14-3-5-15(22-2)6-4-14)12-17-16(19)18-7-9-23(20,21)10-8-18/h3-6,13H,7-12H2,1-2H3,(H,17,19). The van der Waals surface area contributed by atoms with Crippen LogP contribution < -0.4 is 10.1 Å². The number of hydrogen-bond acceptors (Lipinski definition) is 4. The highest BCUT2D eigenvalue weighted by Crippen LogP contribution is 2.14. The number of methoxy groups -OCH3 is 1. The van der Waals surface area contributed by atoms with Crippen molar-refractivity contribution in [3.8, 4) is 5.75 Å². The molecule has 23 heavy (non-hydrogen) atoms. The van der Waals surface area contributed by atoms with Gasteiger partial charge in [0.1, 0.15) is 5.75 Å². The summed E-state index contributed by atoms with van der Waals surface area (Å²) in [6, 6.07) is 7.71. The minimum Gasteiger partial charge on any atom is -0.497 e. The molecule has 0 radical (unpaired) electrons. The molecule has 0 aliphatic carbocycles. The third-order valence-electron chi connectivity index (χ3n) is 3.98. The van der Waals surface area contributed by atoms with Crippen molar-refractivity contribution in [2.24, 2.45) is 5.92 Å². The van der Waals surface area contributed by atoms with Gasteiger partial charge in [0.25, 0.3) is 0 Å². The van der Waals surface area contributed by atoms with Gasteiger partial charge in [-0.25, -0.2) is 13.2 Å². The summed E-state index contributed by atoms with van der Waals surface area (Å²) in [5.41, 5.74) is 1.19. The molecule has 2 rings (SSSR count). The van der Waals surface area contributed by atoms with Gasteiger partial charge in [-0.3, -0.25) is 0 Å². The smallest absolute Gasteiger partial charge is 0.317 e. The molecule has 1 atom stereocenters. The zero-order valence-electron chi connectivity index (χ0n) is 13.6. The van der Waals surface area contributed by atoms with E-state index in [1.165, 1.54) is 5.56 Å². The summed E-state index contributed by atoms with van der Waals surface area (Å²) in [6.45, 7) is 3.20. The lowest BCUT2D eigenvalue weighted by Crippen LogP contribution is -2.49. The summed E-state index contributed by atoms with van der Waals surface area (Å²) in [5.74, 6) is 1.24. The van der Waals surface area contributed by atoms with Gasteiger partial charge < -0.3 is 15.0 Å². The van der Waals surface area contributed by atoms with Crippen LogP contribution in [-0.2, 0) is 16.3 Å². The Bertz CT molecular complexity index is 614. The van der Waals surface area contributed by atoms with Crippen molar-refractivity contribution in [3.63, 3.8) is 0 Å². The minimum absolute atomic E-state index is 0.0574. The second kappa shape index (κ2) is 7.68. The average molecular weight is 340 g/mol. The number of hydrogen-bond donors (Lipinski definition) is 1. The highest BCUT2D eigenvalue weighted by molar-refractivity contribution is 7.91. The topological polar surface area (TPSA) is 75.7 Å². The Morgan fingerprint density at radius 3 is 2.43 bits per heavy atom. The molecule has 1 aromatic carbocycles. The van der Waals surface area contributed by atoms with Gasteiger partial charge in [-0.15, -0.1) is 0 Å². The van der Waals surface area contributed by atoms with Crippen LogP contribution in [0.25, 0.3) is 0 Å². The lowest BCUT2D eigenvalue weighted by molar-refractivity contribution is 0.200.